The summed E-state index contributed by atoms with van der Waals surface area (Å²) in [5, 5.41) is 8.83. The Hall–Kier alpha value is 0.381. The zero-order valence-electron chi connectivity index (χ0n) is 4.97. The van der Waals surface area contributed by atoms with Gasteiger partial charge in [0, 0.05) is 0 Å². The summed E-state index contributed by atoms with van der Waals surface area (Å²) < 4.78 is 8.25. The average molecular weight is 526 g/mol. The molecule has 1 N–H and O–H groups in total. The Kier molecular flexibility index (Phi) is 6.17. The summed E-state index contributed by atoms with van der Waals surface area (Å²) >= 11 is 3.02. The SMILES string of the molecule is O=C(CC(O)C(=O)[O][Au])[O][Au]. The summed E-state index contributed by atoms with van der Waals surface area (Å²) in [5.74, 6) is -1.55. The van der Waals surface area contributed by atoms with Crippen LogP contribution in [-0.2, 0) is 59.0 Å². The third-order valence-electron chi connectivity index (χ3n) is 0.761. The van der Waals surface area contributed by atoms with Crippen molar-refractivity contribution in [2.45, 2.75) is 12.5 Å². The molecule has 0 bridgehead atoms. The molecule has 0 aromatic carbocycles. The second kappa shape index (κ2) is 5.96. The minimum absolute atomic E-state index is 0.395. The monoisotopic (exact) mass is 526 g/mol. The van der Waals surface area contributed by atoms with Crippen LogP contribution in [-0.4, -0.2) is 23.1 Å². The van der Waals surface area contributed by atoms with Gasteiger partial charge in [-0.25, -0.2) is 0 Å². The van der Waals surface area contributed by atoms with E-state index >= 15 is 0 Å². The summed E-state index contributed by atoms with van der Waals surface area (Å²) in [5.41, 5.74) is 0. The van der Waals surface area contributed by atoms with Crippen LogP contribution < -0.4 is 0 Å². The van der Waals surface area contributed by atoms with E-state index in [1.165, 1.54) is 42.9 Å². The van der Waals surface area contributed by atoms with Crippen molar-refractivity contribution >= 4 is 11.9 Å². The molecule has 11 heavy (non-hydrogen) atoms. The summed E-state index contributed by atoms with van der Waals surface area (Å²) in [4.78, 5) is 20.9. The maximum atomic E-state index is 10.5. The number of aliphatic hydroxyl groups is 1. The Bertz CT molecular complexity index is 159. The molecule has 0 aromatic heterocycles. The van der Waals surface area contributed by atoms with Gasteiger partial charge in [-0.15, -0.1) is 0 Å². The molecule has 7 heteroatoms. The number of hydrogen-bond acceptors (Lipinski definition) is 5. The van der Waals surface area contributed by atoms with Gasteiger partial charge in [0.25, 0.3) is 0 Å². The predicted octanol–water partition coefficient (Wildman–Crippen LogP) is -1.25. The molecule has 0 saturated carbocycles. The molecule has 0 spiro atoms. The van der Waals surface area contributed by atoms with E-state index in [0.717, 1.165) is 0 Å². The molecule has 0 aliphatic heterocycles. The van der Waals surface area contributed by atoms with E-state index in [0.29, 0.717) is 0 Å². The molecular weight excluding hydrogens is 522 g/mol. The van der Waals surface area contributed by atoms with E-state index in [1.54, 1.807) is 0 Å². The molecule has 1 unspecified atom stereocenters. The Labute approximate surface area is 88.2 Å². The molecule has 1 atom stereocenters. The van der Waals surface area contributed by atoms with Crippen LogP contribution in [0.25, 0.3) is 0 Å². The molecule has 5 nitrogen and oxygen atoms in total. The fourth-order valence-electron chi connectivity index (χ4n) is 0.307. The van der Waals surface area contributed by atoms with Gasteiger partial charge in [0.05, 0.1) is 0 Å². The van der Waals surface area contributed by atoms with Crippen LogP contribution in [0.2, 0.25) is 0 Å². The van der Waals surface area contributed by atoms with E-state index in [-0.39, 0.29) is 0 Å². The Balaban J connectivity index is 3.77. The summed E-state index contributed by atoms with van der Waals surface area (Å²) in [7, 11) is 0. The number of carbonyl (C=O) groups excluding carboxylic acids is 2. The molecular formula is C4H4Au2O5. The molecule has 0 heterocycles. The standard InChI is InChI=1S/C4H6O5.2Au/c5-2(4(8)9)1-3(6)7;;/h2,5H,1H2,(H,6,7)(H,8,9);;/q;2*+1/p-2. The summed E-state index contributed by atoms with van der Waals surface area (Å²) in [6.07, 6.45) is -1.84. The molecule has 0 aliphatic rings. The molecule has 0 saturated heterocycles. The first kappa shape index (κ1) is 11.4. The normalized spacial score (nSPS) is 12.1. The van der Waals surface area contributed by atoms with Gasteiger partial charge in [-0.2, -0.15) is 0 Å². The van der Waals surface area contributed by atoms with Crippen molar-refractivity contribution in [2.24, 2.45) is 0 Å². The topological polar surface area (TPSA) is 72.8 Å². The van der Waals surface area contributed by atoms with Crippen LogP contribution in [0.5, 0.6) is 0 Å². The zero-order chi connectivity index (χ0) is 8.85. The zero-order valence-corrected chi connectivity index (χ0v) is 9.30. The Morgan fingerprint density at radius 2 is 1.91 bits per heavy atom. The van der Waals surface area contributed by atoms with Crippen LogP contribution in [0.3, 0.4) is 0 Å². The Morgan fingerprint density at radius 3 is 2.27 bits per heavy atom. The van der Waals surface area contributed by atoms with Crippen LogP contribution in [0.15, 0.2) is 0 Å². The Morgan fingerprint density at radius 1 is 1.36 bits per heavy atom. The number of aliphatic hydroxyl groups excluding tert-OH is 1. The van der Waals surface area contributed by atoms with Crippen molar-refractivity contribution in [1.82, 2.24) is 0 Å². The number of rotatable bonds is 3. The molecule has 0 radical (unpaired) electrons. The third kappa shape index (κ3) is 4.76. The van der Waals surface area contributed by atoms with Crippen LogP contribution in [0.4, 0.5) is 0 Å². The third-order valence-corrected chi connectivity index (χ3v) is 1.69. The fourth-order valence-corrected chi connectivity index (χ4v) is 0.783. The van der Waals surface area contributed by atoms with Crippen LogP contribution >= 0.6 is 0 Å². The second-order valence-corrected chi connectivity index (χ2v) is 2.42. The molecule has 0 aliphatic carbocycles. The van der Waals surface area contributed by atoms with Crippen molar-refractivity contribution in [3.63, 3.8) is 0 Å². The summed E-state index contributed by atoms with van der Waals surface area (Å²) in [6, 6.07) is 0. The van der Waals surface area contributed by atoms with Gasteiger partial charge in [0.1, 0.15) is 0 Å². The first-order valence-corrected chi connectivity index (χ1v) is 4.14. The van der Waals surface area contributed by atoms with E-state index in [4.69, 9.17) is 5.11 Å². The van der Waals surface area contributed by atoms with Crippen molar-refractivity contribution in [3.8, 4) is 0 Å². The molecule has 0 aromatic rings. The van der Waals surface area contributed by atoms with Gasteiger partial charge in [0.15, 0.2) is 0 Å². The van der Waals surface area contributed by atoms with Gasteiger partial charge in [-0.3, -0.25) is 0 Å². The molecule has 72 valence electrons. The maximum absolute atomic E-state index is 10.5. The van der Waals surface area contributed by atoms with Gasteiger partial charge in [0.2, 0.25) is 0 Å². The van der Waals surface area contributed by atoms with Crippen LogP contribution in [0, 0.1) is 0 Å². The van der Waals surface area contributed by atoms with Crippen molar-refractivity contribution in [2.75, 3.05) is 0 Å². The van der Waals surface area contributed by atoms with Crippen LogP contribution in [0.1, 0.15) is 6.42 Å². The van der Waals surface area contributed by atoms with E-state index in [1.807, 2.05) is 0 Å². The fraction of sp³-hybridized carbons (Fsp3) is 0.500. The number of hydrogen-bond donors (Lipinski definition) is 1. The number of carbonyl (C=O) groups is 2. The predicted molar refractivity (Wildman–Crippen MR) is 22.8 cm³/mol. The molecule has 0 rings (SSSR count). The van der Waals surface area contributed by atoms with Crippen molar-refractivity contribution in [1.29, 1.82) is 0 Å². The minimum atomic E-state index is -1.45. The average Bonchev–Trinajstić information content (AvgIpc) is 2.02. The molecule has 0 amide bonds. The first-order chi connectivity index (χ1) is 5.11. The quantitative estimate of drug-likeness (QED) is 0.466. The van der Waals surface area contributed by atoms with E-state index in [2.05, 4.69) is 6.49 Å². The van der Waals surface area contributed by atoms with Gasteiger partial charge in [-0.05, 0) is 0 Å². The summed E-state index contributed by atoms with van der Waals surface area (Å²) in [6.45, 7) is 0. The van der Waals surface area contributed by atoms with Gasteiger partial charge >= 0.3 is 88.6 Å². The van der Waals surface area contributed by atoms with E-state index in [9.17, 15) is 9.59 Å². The van der Waals surface area contributed by atoms with E-state index < -0.39 is 24.5 Å². The second-order valence-electron chi connectivity index (χ2n) is 1.53. The van der Waals surface area contributed by atoms with Gasteiger partial charge < -0.3 is 0 Å². The molecule has 0 fully saturated rings. The first-order valence-electron chi connectivity index (χ1n) is 2.37. The van der Waals surface area contributed by atoms with Crippen molar-refractivity contribution < 1.29 is 64.1 Å². The van der Waals surface area contributed by atoms with Crippen molar-refractivity contribution in [3.05, 3.63) is 0 Å². The van der Waals surface area contributed by atoms with Gasteiger partial charge in [-0.1, -0.05) is 0 Å².